The van der Waals surface area contributed by atoms with Gasteiger partial charge in [0.15, 0.2) is 0 Å². The van der Waals surface area contributed by atoms with Crippen LogP contribution in [0.3, 0.4) is 0 Å². The number of benzene rings is 1. The van der Waals surface area contributed by atoms with Gasteiger partial charge in [-0.2, -0.15) is 0 Å². The van der Waals surface area contributed by atoms with Crippen molar-refractivity contribution in [2.45, 2.75) is 19.3 Å². The number of halogens is 1. The Morgan fingerprint density at radius 1 is 1.22 bits per heavy atom. The summed E-state index contributed by atoms with van der Waals surface area (Å²) in [5.41, 5.74) is 0.816. The van der Waals surface area contributed by atoms with E-state index in [1.165, 1.54) is 0 Å². The predicted molar refractivity (Wildman–Crippen MR) is 73.0 cm³/mol. The molecule has 0 radical (unpaired) electrons. The van der Waals surface area contributed by atoms with Gasteiger partial charge in [-0.05, 0) is 50.6 Å². The van der Waals surface area contributed by atoms with Crippen LogP contribution in [0.5, 0.6) is 0 Å². The molecule has 2 fully saturated rings. The number of hydrogen-bond donors (Lipinski definition) is 1. The normalized spacial score (nSPS) is 22.7. The van der Waals surface area contributed by atoms with Crippen LogP contribution < -0.4 is 10.2 Å². The Bertz CT molecular complexity index is 469. The average Bonchev–Trinajstić information content (AvgIpc) is 2.68. The van der Waals surface area contributed by atoms with Crippen LogP contribution in [0.1, 0.15) is 19.3 Å². The summed E-state index contributed by atoms with van der Waals surface area (Å²) in [5, 5.41) is 4.01. The SMILES string of the molecule is O=C1N(c2cccc(Cl)c2)CCC12CCNCC2. The van der Waals surface area contributed by atoms with E-state index in [1.807, 2.05) is 29.2 Å². The molecule has 2 heterocycles. The maximum Gasteiger partial charge on any atom is 0.233 e. The van der Waals surface area contributed by atoms with Crippen LogP contribution in [-0.2, 0) is 4.79 Å². The van der Waals surface area contributed by atoms with E-state index < -0.39 is 0 Å². The Balaban J connectivity index is 1.86. The third kappa shape index (κ3) is 1.91. The van der Waals surface area contributed by atoms with Gasteiger partial charge in [0.1, 0.15) is 0 Å². The molecular formula is C14H17ClN2O. The summed E-state index contributed by atoms with van der Waals surface area (Å²) in [6, 6.07) is 7.58. The zero-order valence-electron chi connectivity index (χ0n) is 10.3. The number of nitrogens with one attached hydrogen (secondary N) is 1. The second-order valence-electron chi connectivity index (χ2n) is 5.22. The summed E-state index contributed by atoms with van der Waals surface area (Å²) < 4.78 is 0. The molecule has 0 aromatic heterocycles. The molecule has 3 rings (SSSR count). The highest BCUT2D eigenvalue weighted by atomic mass is 35.5. The molecule has 96 valence electrons. The van der Waals surface area contributed by atoms with E-state index in [1.54, 1.807) is 0 Å². The molecule has 1 amide bonds. The molecule has 4 heteroatoms. The quantitative estimate of drug-likeness (QED) is 0.845. The first kappa shape index (κ1) is 12.0. The van der Waals surface area contributed by atoms with Crippen LogP contribution in [0.15, 0.2) is 24.3 Å². The Kier molecular flexibility index (Phi) is 3.04. The summed E-state index contributed by atoms with van der Waals surface area (Å²) in [7, 11) is 0. The molecule has 2 aliphatic rings. The summed E-state index contributed by atoms with van der Waals surface area (Å²) in [6.45, 7) is 2.73. The molecule has 1 N–H and O–H groups in total. The molecule has 0 saturated carbocycles. The van der Waals surface area contributed by atoms with Crippen molar-refractivity contribution in [3.05, 3.63) is 29.3 Å². The highest BCUT2D eigenvalue weighted by Crippen LogP contribution is 2.41. The van der Waals surface area contributed by atoms with Gasteiger partial charge >= 0.3 is 0 Å². The standard InChI is InChI=1S/C14H17ClN2O/c15-11-2-1-3-12(10-11)17-9-6-14(13(17)18)4-7-16-8-5-14/h1-3,10,16H,4-9H2. The molecule has 18 heavy (non-hydrogen) atoms. The van der Waals surface area contributed by atoms with Crippen molar-refractivity contribution in [1.29, 1.82) is 0 Å². The topological polar surface area (TPSA) is 32.3 Å². The van der Waals surface area contributed by atoms with Gasteiger partial charge < -0.3 is 10.2 Å². The van der Waals surface area contributed by atoms with Crippen molar-refractivity contribution in [3.63, 3.8) is 0 Å². The lowest BCUT2D eigenvalue weighted by molar-refractivity contribution is -0.126. The zero-order chi connectivity index (χ0) is 12.6. The molecule has 3 nitrogen and oxygen atoms in total. The van der Waals surface area contributed by atoms with Gasteiger partial charge in [-0.15, -0.1) is 0 Å². The minimum absolute atomic E-state index is 0.117. The molecule has 1 aromatic rings. The van der Waals surface area contributed by atoms with Gasteiger partial charge in [-0.25, -0.2) is 0 Å². The van der Waals surface area contributed by atoms with Crippen LogP contribution in [0.4, 0.5) is 5.69 Å². The van der Waals surface area contributed by atoms with Gasteiger partial charge in [-0.3, -0.25) is 4.79 Å². The lowest BCUT2D eigenvalue weighted by atomic mass is 9.78. The van der Waals surface area contributed by atoms with E-state index in [2.05, 4.69) is 5.32 Å². The second kappa shape index (κ2) is 4.56. The third-order valence-corrected chi connectivity index (χ3v) is 4.43. The number of amides is 1. The molecule has 0 unspecified atom stereocenters. The Morgan fingerprint density at radius 3 is 2.72 bits per heavy atom. The summed E-state index contributed by atoms with van der Waals surface area (Å²) in [4.78, 5) is 14.5. The first-order valence-electron chi connectivity index (χ1n) is 6.50. The van der Waals surface area contributed by atoms with Crippen molar-refractivity contribution in [2.24, 2.45) is 5.41 Å². The number of rotatable bonds is 1. The van der Waals surface area contributed by atoms with Crippen LogP contribution >= 0.6 is 11.6 Å². The van der Waals surface area contributed by atoms with E-state index in [0.717, 1.165) is 44.6 Å². The zero-order valence-corrected chi connectivity index (χ0v) is 11.0. The van der Waals surface area contributed by atoms with Gasteiger partial charge in [0.25, 0.3) is 0 Å². The van der Waals surface area contributed by atoms with Crippen molar-refractivity contribution < 1.29 is 4.79 Å². The van der Waals surface area contributed by atoms with Crippen molar-refractivity contribution in [1.82, 2.24) is 5.32 Å². The lowest BCUT2D eigenvalue weighted by Gasteiger charge is -2.32. The average molecular weight is 265 g/mol. The lowest BCUT2D eigenvalue weighted by Crippen LogP contribution is -2.42. The van der Waals surface area contributed by atoms with Gasteiger partial charge in [0, 0.05) is 17.3 Å². The van der Waals surface area contributed by atoms with Crippen LogP contribution in [0.2, 0.25) is 5.02 Å². The minimum Gasteiger partial charge on any atom is -0.317 e. The number of carbonyl (C=O) groups is 1. The second-order valence-corrected chi connectivity index (χ2v) is 5.65. The molecule has 0 atom stereocenters. The Hall–Kier alpha value is -1.06. The Morgan fingerprint density at radius 2 is 2.00 bits per heavy atom. The number of carbonyl (C=O) groups excluding carboxylic acids is 1. The minimum atomic E-state index is -0.117. The number of piperidine rings is 1. The first-order chi connectivity index (χ1) is 8.71. The van der Waals surface area contributed by atoms with E-state index in [4.69, 9.17) is 11.6 Å². The fraction of sp³-hybridized carbons (Fsp3) is 0.500. The summed E-state index contributed by atoms with van der Waals surface area (Å²) >= 11 is 6.00. The fourth-order valence-corrected chi connectivity index (χ4v) is 3.26. The van der Waals surface area contributed by atoms with Crippen molar-refractivity contribution in [2.75, 3.05) is 24.5 Å². The fourth-order valence-electron chi connectivity index (χ4n) is 3.08. The molecular weight excluding hydrogens is 248 g/mol. The largest absolute Gasteiger partial charge is 0.317 e. The third-order valence-electron chi connectivity index (χ3n) is 4.19. The summed E-state index contributed by atoms with van der Waals surface area (Å²) in [6.07, 6.45) is 2.89. The molecule has 0 bridgehead atoms. The van der Waals surface area contributed by atoms with Crippen molar-refractivity contribution in [3.8, 4) is 0 Å². The van der Waals surface area contributed by atoms with Crippen molar-refractivity contribution >= 4 is 23.2 Å². The number of nitrogens with zero attached hydrogens (tertiary/aromatic N) is 1. The molecule has 2 aliphatic heterocycles. The highest BCUT2D eigenvalue weighted by molar-refractivity contribution is 6.31. The number of hydrogen-bond acceptors (Lipinski definition) is 2. The molecule has 1 spiro atoms. The Labute approximate surface area is 112 Å². The highest BCUT2D eigenvalue weighted by Gasteiger charge is 2.47. The predicted octanol–water partition coefficient (Wildman–Crippen LogP) is 2.45. The van der Waals surface area contributed by atoms with Gasteiger partial charge in [-0.1, -0.05) is 17.7 Å². The monoisotopic (exact) mass is 264 g/mol. The van der Waals surface area contributed by atoms with Gasteiger partial charge in [0.05, 0.1) is 5.41 Å². The maximum absolute atomic E-state index is 12.6. The van der Waals surface area contributed by atoms with E-state index in [9.17, 15) is 4.79 Å². The van der Waals surface area contributed by atoms with Crippen LogP contribution in [0.25, 0.3) is 0 Å². The van der Waals surface area contributed by atoms with Gasteiger partial charge in [0.2, 0.25) is 5.91 Å². The smallest absolute Gasteiger partial charge is 0.233 e. The van der Waals surface area contributed by atoms with Crippen LogP contribution in [0, 0.1) is 5.41 Å². The summed E-state index contributed by atoms with van der Waals surface area (Å²) in [5.74, 6) is 0.284. The molecule has 0 aliphatic carbocycles. The van der Waals surface area contributed by atoms with E-state index in [0.29, 0.717) is 5.02 Å². The van der Waals surface area contributed by atoms with E-state index >= 15 is 0 Å². The maximum atomic E-state index is 12.6. The number of anilines is 1. The molecule has 1 aromatic carbocycles. The molecule has 2 saturated heterocycles. The van der Waals surface area contributed by atoms with E-state index in [-0.39, 0.29) is 11.3 Å². The van der Waals surface area contributed by atoms with Crippen LogP contribution in [-0.4, -0.2) is 25.5 Å². The first-order valence-corrected chi connectivity index (χ1v) is 6.87.